The maximum atomic E-state index is 12.1. The summed E-state index contributed by atoms with van der Waals surface area (Å²) in [6, 6.07) is 0.224. The third kappa shape index (κ3) is 6.63. The molecule has 1 heterocycles. The van der Waals surface area contributed by atoms with Crippen LogP contribution in [0.4, 0.5) is 0 Å². The normalized spacial score (nSPS) is 21.6. The summed E-state index contributed by atoms with van der Waals surface area (Å²) < 4.78 is 4.91. The molecular weight excluding hydrogens is 294 g/mol. The molecule has 0 radical (unpaired) electrons. The average Bonchev–Trinajstić information content (AvgIpc) is 2.45. The molecule has 124 valence electrons. The number of halogens is 1. The Kier molecular flexibility index (Phi) is 10.4. The monoisotopic (exact) mass is 321 g/mol. The van der Waals surface area contributed by atoms with Gasteiger partial charge in [0.2, 0.25) is 11.8 Å². The Balaban J connectivity index is 0.00000400. The Bertz CT molecular complexity index is 329. The first-order valence-electron chi connectivity index (χ1n) is 7.30. The van der Waals surface area contributed by atoms with Crippen LogP contribution in [0.3, 0.4) is 0 Å². The van der Waals surface area contributed by atoms with Crippen LogP contribution in [0.5, 0.6) is 0 Å². The Morgan fingerprint density at radius 2 is 2.00 bits per heavy atom. The zero-order chi connectivity index (χ0) is 15.0. The van der Waals surface area contributed by atoms with Gasteiger partial charge in [-0.25, -0.2) is 0 Å². The second-order valence-electron chi connectivity index (χ2n) is 5.31. The molecule has 7 heteroatoms. The predicted octanol–water partition coefficient (Wildman–Crippen LogP) is 0.407. The first-order valence-corrected chi connectivity index (χ1v) is 7.30. The molecule has 2 amide bonds. The van der Waals surface area contributed by atoms with Gasteiger partial charge >= 0.3 is 0 Å². The summed E-state index contributed by atoms with van der Waals surface area (Å²) in [5.74, 6) is 0.0585. The van der Waals surface area contributed by atoms with Gasteiger partial charge in [0, 0.05) is 39.2 Å². The summed E-state index contributed by atoms with van der Waals surface area (Å²) in [5, 5.41) is 5.84. The van der Waals surface area contributed by atoms with E-state index in [4.69, 9.17) is 4.74 Å². The van der Waals surface area contributed by atoms with Gasteiger partial charge in [0.05, 0.1) is 12.5 Å². The number of amides is 2. The molecular formula is C14H28ClN3O3. The standard InChI is InChI=1S/C14H27N3O3.ClH/c1-11-4-5-12(14(19)16-8-9-20-3)10-17(11)13(18)6-7-15-2;/h11-12,15H,4-10H2,1-3H3,(H,16,19);1H. The highest BCUT2D eigenvalue weighted by atomic mass is 35.5. The van der Waals surface area contributed by atoms with E-state index >= 15 is 0 Å². The summed E-state index contributed by atoms with van der Waals surface area (Å²) in [7, 11) is 3.44. The first kappa shape index (κ1) is 20.1. The van der Waals surface area contributed by atoms with E-state index in [0.29, 0.717) is 32.7 Å². The van der Waals surface area contributed by atoms with Crippen molar-refractivity contribution in [1.29, 1.82) is 0 Å². The molecule has 1 rings (SSSR count). The minimum Gasteiger partial charge on any atom is -0.383 e. The Morgan fingerprint density at radius 1 is 1.29 bits per heavy atom. The van der Waals surface area contributed by atoms with Crippen molar-refractivity contribution < 1.29 is 14.3 Å². The van der Waals surface area contributed by atoms with Crippen molar-refractivity contribution in [3.8, 4) is 0 Å². The SMILES string of the molecule is CNCCC(=O)N1CC(C(=O)NCCOC)CCC1C.Cl. The molecule has 1 aliphatic rings. The lowest BCUT2D eigenvalue weighted by atomic mass is 9.92. The highest BCUT2D eigenvalue weighted by Gasteiger charge is 2.32. The van der Waals surface area contributed by atoms with Crippen LogP contribution < -0.4 is 10.6 Å². The van der Waals surface area contributed by atoms with E-state index in [-0.39, 0.29) is 36.2 Å². The van der Waals surface area contributed by atoms with Crippen LogP contribution >= 0.6 is 12.4 Å². The van der Waals surface area contributed by atoms with Gasteiger partial charge in [-0.3, -0.25) is 9.59 Å². The van der Waals surface area contributed by atoms with E-state index in [2.05, 4.69) is 17.6 Å². The van der Waals surface area contributed by atoms with Gasteiger partial charge in [0.15, 0.2) is 0 Å². The second-order valence-corrected chi connectivity index (χ2v) is 5.31. The molecule has 6 nitrogen and oxygen atoms in total. The van der Waals surface area contributed by atoms with Crippen LogP contribution in [0, 0.1) is 5.92 Å². The van der Waals surface area contributed by atoms with Crippen LogP contribution in [-0.2, 0) is 14.3 Å². The highest BCUT2D eigenvalue weighted by Crippen LogP contribution is 2.22. The van der Waals surface area contributed by atoms with Gasteiger partial charge in [-0.15, -0.1) is 12.4 Å². The van der Waals surface area contributed by atoms with Gasteiger partial charge < -0.3 is 20.3 Å². The lowest BCUT2D eigenvalue weighted by molar-refractivity contribution is -0.138. The number of methoxy groups -OCH3 is 1. The lowest BCUT2D eigenvalue weighted by Gasteiger charge is -2.37. The predicted molar refractivity (Wildman–Crippen MR) is 84.6 cm³/mol. The highest BCUT2D eigenvalue weighted by molar-refractivity contribution is 5.85. The Hall–Kier alpha value is -0.850. The third-order valence-electron chi connectivity index (χ3n) is 3.77. The molecule has 2 atom stereocenters. The van der Waals surface area contributed by atoms with Crippen LogP contribution in [0.15, 0.2) is 0 Å². The number of carbonyl (C=O) groups is 2. The van der Waals surface area contributed by atoms with E-state index in [1.807, 2.05) is 11.9 Å². The largest absolute Gasteiger partial charge is 0.383 e. The molecule has 21 heavy (non-hydrogen) atoms. The van der Waals surface area contributed by atoms with Gasteiger partial charge in [0.25, 0.3) is 0 Å². The number of carbonyl (C=O) groups excluding carboxylic acids is 2. The molecule has 1 saturated heterocycles. The Labute approximate surface area is 133 Å². The van der Waals surface area contributed by atoms with Crippen LogP contribution in [0.1, 0.15) is 26.2 Å². The maximum Gasteiger partial charge on any atom is 0.224 e. The van der Waals surface area contributed by atoms with Crippen molar-refractivity contribution in [2.75, 3.05) is 40.4 Å². The third-order valence-corrected chi connectivity index (χ3v) is 3.77. The van der Waals surface area contributed by atoms with E-state index in [1.54, 1.807) is 7.11 Å². The van der Waals surface area contributed by atoms with Gasteiger partial charge in [-0.2, -0.15) is 0 Å². The number of rotatable bonds is 7. The van der Waals surface area contributed by atoms with Crippen molar-refractivity contribution in [2.24, 2.45) is 5.92 Å². The smallest absolute Gasteiger partial charge is 0.224 e. The maximum absolute atomic E-state index is 12.1. The molecule has 0 aromatic rings. The summed E-state index contributed by atoms with van der Waals surface area (Å²) >= 11 is 0. The number of ether oxygens (including phenoxy) is 1. The molecule has 2 N–H and O–H groups in total. The van der Waals surface area contributed by atoms with Crippen molar-refractivity contribution >= 4 is 24.2 Å². The fourth-order valence-electron chi connectivity index (χ4n) is 2.46. The second kappa shape index (κ2) is 10.8. The van der Waals surface area contributed by atoms with E-state index in [0.717, 1.165) is 12.8 Å². The molecule has 0 aromatic heterocycles. The number of hydrogen-bond donors (Lipinski definition) is 2. The minimum atomic E-state index is -0.0957. The molecule has 2 unspecified atom stereocenters. The zero-order valence-corrected chi connectivity index (χ0v) is 14.0. The van der Waals surface area contributed by atoms with Crippen molar-refractivity contribution in [1.82, 2.24) is 15.5 Å². The minimum absolute atomic E-state index is 0. The Morgan fingerprint density at radius 3 is 2.62 bits per heavy atom. The quantitative estimate of drug-likeness (QED) is 0.666. The van der Waals surface area contributed by atoms with Crippen LogP contribution in [0.2, 0.25) is 0 Å². The summed E-state index contributed by atoms with van der Waals surface area (Å²) in [6.07, 6.45) is 2.21. The molecule has 0 bridgehead atoms. The van der Waals surface area contributed by atoms with Crippen molar-refractivity contribution in [3.05, 3.63) is 0 Å². The molecule has 0 aromatic carbocycles. The zero-order valence-electron chi connectivity index (χ0n) is 13.2. The van der Waals surface area contributed by atoms with Crippen LogP contribution in [0.25, 0.3) is 0 Å². The van der Waals surface area contributed by atoms with Gasteiger partial charge in [-0.1, -0.05) is 0 Å². The van der Waals surface area contributed by atoms with Gasteiger partial charge in [-0.05, 0) is 26.8 Å². The number of nitrogens with one attached hydrogen (secondary N) is 2. The molecule has 1 aliphatic heterocycles. The lowest BCUT2D eigenvalue weighted by Crippen LogP contribution is -2.50. The van der Waals surface area contributed by atoms with E-state index in [9.17, 15) is 9.59 Å². The van der Waals surface area contributed by atoms with Crippen LogP contribution in [-0.4, -0.2) is 63.2 Å². The number of hydrogen-bond acceptors (Lipinski definition) is 4. The van der Waals surface area contributed by atoms with E-state index < -0.39 is 0 Å². The van der Waals surface area contributed by atoms with Gasteiger partial charge in [0.1, 0.15) is 0 Å². The topological polar surface area (TPSA) is 70.7 Å². The number of nitrogens with zero attached hydrogens (tertiary/aromatic N) is 1. The fourth-order valence-corrected chi connectivity index (χ4v) is 2.46. The number of likely N-dealkylation sites (tertiary alicyclic amines) is 1. The first-order chi connectivity index (χ1) is 9.60. The molecule has 0 saturated carbocycles. The summed E-state index contributed by atoms with van der Waals surface area (Å²) in [6.45, 7) is 4.29. The molecule has 0 aliphatic carbocycles. The van der Waals surface area contributed by atoms with E-state index in [1.165, 1.54) is 0 Å². The average molecular weight is 322 g/mol. The summed E-state index contributed by atoms with van der Waals surface area (Å²) in [4.78, 5) is 26.0. The summed E-state index contributed by atoms with van der Waals surface area (Å²) in [5.41, 5.74) is 0. The van der Waals surface area contributed by atoms with Crippen molar-refractivity contribution in [3.63, 3.8) is 0 Å². The fraction of sp³-hybridized carbons (Fsp3) is 0.857. The molecule has 0 spiro atoms. The number of piperidine rings is 1. The molecule has 1 fully saturated rings. The van der Waals surface area contributed by atoms with Crippen molar-refractivity contribution in [2.45, 2.75) is 32.2 Å².